The van der Waals surface area contributed by atoms with Gasteiger partial charge in [0.25, 0.3) is 11.8 Å². The molecule has 0 saturated carbocycles. The van der Waals surface area contributed by atoms with E-state index < -0.39 is 0 Å². The molecule has 0 atom stereocenters. The first kappa shape index (κ1) is 27.8. The lowest BCUT2D eigenvalue weighted by Crippen LogP contribution is -2.30. The largest absolute Gasteiger partial charge is 0.308 e. The lowest BCUT2D eigenvalue weighted by molar-refractivity contribution is 0.0926. The molecule has 0 unspecified atom stereocenters. The third-order valence-corrected chi connectivity index (χ3v) is 9.34. The third-order valence-electron chi connectivity index (χ3n) is 9.34. The Hall–Kier alpha value is -6.52. The number of amides is 2. The van der Waals surface area contributed by atoms with Crippen LogP contribution >= 0.6 is 0 Å². The van der Waals surface area contributed by atoms with Gasteiger partial charge < -0.3 is 4.57 Å². The fourth-order valence-corrected chi connectivity index (χ4v) is 7.26. The number of fused-ring (bicyclic) bond motifs is 4. The Morgan fingerprint density at radius 1 is 0.375 bits per heavy atom. The van der Waals surface area contributed by atoms with E-state index in [4.69, 9.17) is 0 Å². The molecule has 2 heterocycles. The summed E-state index contributed by atoms with van der Waals surface area (Å²) in [6.45, 7) is 0. The van der Waals surface area contributed by atoms with Gasteiger partial charge in [0.15, 0.2) is 0 Å². The molecule has 0 aliphatic carbocycles. The molecule has 0 saturated heterocycles. The number of aromatic nitrogens is 1. The van der Waals surface area contributed by atoms with E-state index in [0.717, 1.165) is 55.2 Å². The molecule has 0 N–H and O–H groups in total. The van der Waals surface area contributed by atoms with Crippen molar-refractivity contribution in [3.05, 3.63) is 181 Å². The van der Waals surface area contributed by atoms with Gasteiger partial charge in [-0.25, -0.2) is 4.90 Å². The molecule has 48 heavy (non-hydrogen) atoms. The predicted octanol–water partition coefficient (Wildman–Crippen LogP) is 10.6. The molecule has 0 fully saturated rings. The number of benzene rings is 7. The van der Waals surface area contributed by atoms with E-state index in [0.29, 0.717) is 22.5 Å². The van der Waals surface area contributed by atoms with Crippen LogP contribution in [-0.4, -0.2) is 16.4 Å². The smallest absolute Gasteiger partial charge is 0.268 e. The van der Waals surface area contributed by atoms with Crippen molar-refractivity contribution in [1.29, 1.82) is 0 Å². The molecule has 8 aromatic rings. The normalized spacial score (nSPS) is 12.6. The maximum atomic E-state index is 15.0. The lowest BCUT2D eigenvalue weighted by atomic mass is 9.95. The highest BCUT2D eigenvalue weighted by molar-refractivity contribution is 6.37. The van der Waals surface area contributed by atoms with Crippen molar-refractivity contribution in [2.45, 2.75) is 0 Å². The van der Waals surface area contributed by atoms with E-state index in [2.05, 4.69) is 47.0 Å². The van der Waals surface area contributed by atoms with Gasteiger partial charge in [-0.15, -0.1) is 0 Å². The second-order valence-electron chi connectivity index (χ2n) is 12.0. The first-order chi connectivity index (χ1) is 23.7. The Morgan fingerprint density at radius 3 is 1.50 bits per heavy atom. The van der Waals surface area contributed by atoms with Crippen molar-refractivity contribution in [2.75, 3.05) is 4.90 Å². The quantitative estimate of drug-likeness (QED) is 0.181. The van der Waals surface area contributed by atoms with Crippen LogP contribution in [0, 0.1) is 0 Å². The zero-order valence-electron chi connectivity index (χ0n) is 25.9. The molecule has 226 valence electrons. The van der Waals surface area contributed by atoms with Gasteiger partial charge in [0.1, 0.15) is 0 Å². The molecular formula is C44H28N2O2. The van der Waals surface area contributed by atoms with E-state index in [1.54, 1.807) is 6.07 Å². The summed E-state index contributed by atoms with van der Waals surface area (Å²) in [6.07, 6.45) is 0. The number of imide groups is 1. The maximum absolute atomic E-state index is 15.0. The van der Waals surface area contributed by atoms with Crippen LogP contribution in [0.4, 0.5) is 5.69 Å². The predicted molar refractivity (Wildman–Crippen MR) is 195 cm³/mol. The highest BCUT2D eigenvalue weighted by Crippen LogP contribution is 2.45. The fraction of sp³-hybridized carbons (Fsp3) is 0. The summed E-state index contributed by atoms with van der Waals surface area (Å²) < 4.78 is 2.17. The molecule has 0 radical (unpaired) electrons. The van der Waals surface area contributed by atoms with Gasteiger partial charge in [0, 0.05) is 27.5 Å². The molecule has 1 aliphatic rings. The summed E-state index contributed by atoms with van der Waals surface area (Å²) in [6, 6.07) is 56.4. The zero-order valence-corrected chi connectivity index (χ0v) is 25.9. The van der Waals surface area contributed by atoms with E-state index >= 15 is 4.79 Å². The Bertz CT molecular complexity index is 2480. The molecule has 1 aromatic heterocycles. The van der Waals surface area contributed by atoms with Crippen molar-refractivity contribution in [3.8, 4) is 39.1 Å². The van der Waals surface area contributed by atoms with E-state index in [9.17, 15) is 4.79 Å². The Balaban J connectivity index is 1.32. The number of carbonyl (C=O) groups is 2. The number of carbonyl (C=O) groups excluding carboxylic acids is 2. The van der Waals surface area contributed by atoms with Gasteiger partial charge in [-0.3, -0.25) is 9.59 Å². The van der Waals surface area contributed by atoms with Gasteiger partial charge in [0.05, 0.1) is 33.5 Å². The maximum Gasteiger partial charge on any atom is 0.268 e. The zero-order chi connectivity index (χ0) is 32.2. The van der Waals surface area contributed by atoms with Crippen molar-refractivity contribution >= 4 is 39.3 Å². The van der Waals surface area contributed by atoms with Crippen LogP contribution < -0.4 is 4.90 Å². The molecular weight excluding hydrogens is 588 g/mol. The van der Waals surface area contributed by atoms with Crippen molar-refractivity contribution < 1.29 is 9.59 Å². The van der Waals surface area contributed by atoms with Crippen molar-refractivity contribution in [2.24, 2.45) is 0 Å². The van der Waals surface area contributed by atoms with Crippen LogP contribution in [0.1, 0.15) is 20.7 Å². The average molecular weight is 617 g/mol. The monoisotopic (exact) mass is 616 g/mol. The van der Waals surface area contributed by atoms with Gasteiger partial charge in [0.2, 0.25) is 0 Å². The summed E-state index contributed by atoms with van der Waals surface area (Å²) in [4.78, 5) is 31.0. The molecule has 0 spiro atoms. The first-order valence-electron chi connectivity index (χ1n) is 16.0. The van der Waals surface area contributed by atoms with Crippen molar-refractivity contribution in [3.63, 3.8) is 0 Å². The Kier molecular flexibility index (Phi) is 6.41. The summed E-state index contributed by atoms with van der Waals surface area (Å²) in [5, 5.41) is 2.16. The van der Waals surface area contributed by atoms with Crippen LogP contribution in [0.15, 0.2) is 170 Å². The Labute approximate surface area is 277 Å². The molecule has 4 nitrogen and oxygen atoms in total. The minimum Gasteiger partial charge on any atom is -0.308 e. The van der Waals surface area contributed by atoms with Gasteiger partial charge >= 0.3 is 0 Å². The van der Waals surface area contributed by atoms with Crippen LogP contribution in [0.3, 0.4) is 0 Å². The summed E-state index contributed by atoms with van der Waals surface area (Å²) in [5.41, 5.74) is 9.63. The van der Waals surface area contributed by atoms with Crippen LogP contribution in [-0.2, 0) is 0 Å². The van der Waals surface area contributed by atoms with Gasteiger partial charge in [-0.1, -0.05) is 152 Å². The highest BCUT2D eigenvalue weighted by atomic mass is 16.2. The summed E-state index contributed by atoms with van der Waals surface area (Å²) >= 11 is 0. The number of para-hydroxylation sites is 3. The second-order valence-corrected chi connectivity index (χ2v) is 12.0. The molecule has 0 bridgehead atoms. The minimum atomic E-state index is -0.339. The fourth-order valence-electron chi connectivity index (χ4n) is 7.26. The standard InChI is InChI=1S/C44H28N2O2/c47-43-37-26-14-28-39(45-38-27-11-10-21-35(38)36-25-13-24-34(42(36)45)31-19-8-3-9-20-31)40(37)44(48)46(43)41-32(29-15-4-1-5-16-29)22-12-23-33(41)30-17-6-2-7-18-30/h1-28H. The second kappa shape index (κ2) is 11.1. The van der Waals surface area contributed by atoms with E-state index in [1.165, 1.54) is 4.90 Å². The first-order valence-corrected chi connectivity index (χ1v) is 16.0. The number of nitrogens with zero attached hydrogens (tertiary/aromatic N) is 2. The van der Waals surface area contributed by atoms with Crippen LogP contribution in [0.25, 0.3) is 60.9 Å². The molecule has 4 heteroatoms. The van der Waals surface area contributed by atoms with Crippen LogP contribution in [0.5, 0.6) is 0 Å². The average Bonchev–Trinajstić information content (AvgIpc) is 3.63. The molecule has 2 amide bonds. The van der Waals surface area contributed by atoms with Crippen molar-refractivity contribution in [1.82, 2.24) is 4.57 Å². The number of rotatable bonds is 5. The number of anilines is 1. The Morgan fingerprint density at radius 2 is 0.854 bits per heavy atom. The van der Waals surface area contributed by atoms with Gasteiger partial charge in [-0.2, -0.15) is 0 Å². The van der Waals surface area contributed by atoms with Crippen LogP contribution in [0.2, 0.25) is 0 Å². The molecule has 1 aliphatic heterocycles. The van der Waals surface area contributed by atoms with E-state index in [-0.39, 0.29) is 11.8 Å². The SMILES string of the molecule is O=C1c2cccc(-n3c4ccccc4c4cccc(-c5ccccc5)c43)c2C(=O)N1c1c(-c2ccccc2)cccc1-c1ccccc1. The van der Waals surface area contributed by atoms with E-state index in [1.807, 2.05) is 121 Å². The minimum absolute atomic E-state index is 0.332. The topological polar surface area (TPSA) is 42.3 Å². The number of hydrogen-bond acceptors (Lipinski definition) is 2. The lowest BCUT2D eigenvalue weighted by Gasteiger charge is -2.23. The number of hydrogen-bond donors (Lipinski definition) is 0. The van der Waals surface area contributed by atoms with Gasteiger partial charge in [-0.05, 0) is 34.9 Å². The molecule has 9 rings (SSSR count). The molecule has 7 aromatic carbocycles. The third kappa shape index (κ3) is 4.16. The summed E-state index contributed by atoms with van der Waals surface area (Å²) in [7, 11) is 0. The highest BCUT2D eigenvalue weighted by Gasteiger charge is 2.41. The summed E-state index contributed by atoms with van der Waals surface area (Å²) in [5.74, 6) is -0.671.